The highest BCUT2D eigenvalue weighted by Gasteiger charge is 2.35. The van der Waals surface area contributed by atoms with Crippen molar-refractivity contribution >= 4 is 60.5 Å². The number of oxazole rings is 1. The molecule has 0 radical (unpaired) electrons. The molecule has 260 valence electrons. The Labute approximate surface area is 319 Å². The molecular weight excluding hydrogens is 669 g/mol. The molecule has 0 saturated heterocycles. The van der Waals surface area contributed by atoms with E-state index in [1.54, 1.807) is 0 Å². The van der Waals surface area contributed by atoms with E-state index in [9.17, 15) is 0 Å². The van der Waals surface area contributed by atoms with Crippen LogP contribution in [0.4, 0.5) is 17.1 Å². The van der Waals surface area contributed by atoms with Crippen LogP contribution >= 0.6 is 0 Å². The summed E-state index contributed by atoms with van der Waals surface area (Å²) in [6, 6.07) is 65.6. The summed E-state index contributed by atoms with van der Waals surface area (Å²) in [4.78, 5) is 7.34. The normalized spacial score (nSPS) is 13.1. The smallest absolute Gasteiger partial charge is 0.227 e. The van der Waals surface area contributed by atoms with Crippen molar-refractivity contribution in [1.82, 2.24) is 4.98 Å². The summed E-state index contributed by atoms with van der Waals surface area (Å²) in [5.41, 5.74) is 13.6. The van der Waals surface area contributed by atoms with Gasteiger partial charge in [0.2, 0.25) is 5.89 Å². The molecule has 0 saturated carbocycles. The molecule has 0 aliphatic heterocycles. The molecule has 55 heavy (non-hydrogen) atoms. The molecule has 1 aliphatic rings. The maximum atomic E-state index is 6.61. The highest BCUT2D eigenvalue weighted by atomic mass is 16.3. The fourth-order valence-corrected chi connectivity index (χ4v) is 8.93. The lowest BCUT2D eigenvalue weighted by molar-refractivity contribution is 0.623. The minimum absolute atomic E-state index is 0.0634. The Bertz CT molecular complexity index is 3120. The first kappa shape index (κ1) is 31.5. The van der Waals surface area contributed by atoms with Gasteiger partial charge in [-0.3, -0.25) is 0 Å². The van der Waals surface area contributed by atoms with Crippen molar-refractivity contribution in [3.63, 3.8) is 0 Å². The Morgan fingerprint density at radius 1 is 0.455 bits per heavy atom. The van der Waals surface area contributed by atoms with E-state index < -0.39 is 0 Å². The number of aromatic nitrogens is 1. The zero-order chi connectivity index (χ0) is 36.7. The topological polar surface area (TPSA) is 29.3 Å². The summed E-state index contributed by atoms with van der Waals surface area (Å²) >= 11 is 0. The van der Waals surface area contributed by atoms with Gasteiger partial charge in [-0.25, -0.2) is 4.98 Å². The quantitative estimate of drug-likeness (QED) is 0.167. The van der Waals surface area contributed by atoms with Crippen molar-refractivity contribution in [1.29, 1.82) is 0 Å². The minimum Gasteiger partial charge on any atom is -0.435 e. The van der Waals surface area contributed by atoms with Gasteiger partial charge < -0.3 is 9.32 Å². The van der Waals surface area contributed by atoms with Gasteiger partial charge in [-0.05, 0) is 110 Å². The molecule has 10 aromatic rings. The van der Waals surface area contributed by atoms with E-state index in [1.807, 2.05) is 30.3 Å². The van der Waals surface area contributed by atoms with Crippen molar-refractivity contribution < 1.29 is 4.42 Å². The van der Waals surface area contributed by atoms with Crippen LogP contribution in [0.3, 0.4) is 0 Å². The molecule has 3 heteroatoms. The second-order valence-electron chi connectivity index (χ2n) is 15.2. The number of hydrogen-bond acceptors (Lipinski definition) is 3. The summed E-state index contributed by atoms with van der Waals surface area (Å²) in [6.45, 7) is 4.68. The SMILES string of the molecule is CC1(C)c2ccccc2-c2cc(N(c3cccc(-c4ccccc4)c3)c3ccc4c(ccc5ccc6ccc7nc(-c8ccccc8)oc7c6c54)c3)ccc21. The molecule has 1 heterocycles. The number of anilines is 3. The standard InChI is InChI=1S/C52H36N2O/c1-52(2)45-19-10-9-18-43(45)44-32-41(26-28-46(44)52)54(39-17-11-16-37(30-39)33-12-5-3-6-13-33)40-25-27-42-38(31-40)23-22-34-20-21-35-24-29-47-50(49(35)48(34)42)55-51(53-47)36-14-7-4-8-15-36/h3-32H,1-2H3. The number of nitrogens with zero attached hydrogens (tertiary/aromatic N) is 2. The Morgan fingerprint density at radius 3 is 1.89 bits per heavy atom. The van der Waals surface area contributed by atoms with Crippen LogP contribution in [0.15, 0.2) is 186 Å². The van der Waals surface area contributed by atoms with Crippen molar-refractivity contribution in [2.45, 2.75) is 19.3 Å². The third kappa shape index (κ3) is 4.93. The molecule has 0 amide bonds. The van der Waals surface area contributed by atoms with Crippen molar-refractivity contribution in [2.75, 3.05) is 4.90 Å². The average molecular weight is 705 g/mol. The second-order valence-corrected chi connectivity index (χ2v) is 15.2. The maximum absolute atomic E-state index is 6.61. The number of hydrogen-bond donors (Lipinski definition) is 0. The van der Waals surface area contributed by atoms with Crippen LogP contribution in [0.2, 0.25) is 0 Å². The lowest BCUT2D eigenvalue weighted by Crippen LogP contribution is -2.15. The van der Waals surface area contributed by atoms with Crippen molar-refractivity contribution in [2.24, 2.45) is 0 Å². The van der Waals surface area contributed by atoms with Crippen LogP contribution in [0.25, 0.3) is 77.1 Å². The van der Waals surface area contributed by atoms with Crippen LogP contribution in [0.5, 0.6) is 0 Å². The van der Waals surface area contributed by atoms with Gasteiger partial charge in [-0.15, -0.1) is 0 Å². The van der Waals surface area contributed by atoms with Gasteiger partial charge in [0.25, 0.3) is 0 Å². The zero-order valence-corrected chi connectivity index (χ0v) is 30.6. The van der Waals surface area contributed by atoms with E-state index in [0.29, 0.717) is 5.89 Å². The van der Waals surface area contributed by atoms with Crippen LogP contribution in [-0.4, -0.2) is 4.98 Å². The molecule has 1 aliphatic carbocycles. The fraction of sp³-hybridized carbons (Fsp3) is 0.0577. The van der Waals surface area contributed by atoms with Crippen LogP contribution < -0.4 is 4.90 Å². The summed E-state index contributed by atoms with van der Waals surface area (Å²) in [6.07, 6.45) is 0. The van der Waals surface area contributed by atoms with E-state index in [4.69, 9.17) is 9.40 Å². The first-order valence-electron chi connectivity index (χ1n) is 19.0. The number of rotatable bonds is 5. The number of benzene rings is 9. The molecule has 1 aromatic heterocycles. The largest absolute Gasteiger partial charge is 0.435 e. The molecular formula is C52H36N2O. The minimum atomic E-state index is -0.0634. The molecule has 9 aromatic carbocycles. The first-order valence-corrected chi connectivity index (χ1v) is 19.0. The van der Waals surface area contributed by atoms with E-state index in [1.165, 1.54) is 49.5 Å². The number of fused-ring (bicyclic) bond motifs is 10. The third-order valence-electron chi connectivity index (χ3n) is 11.6. The molecule has 0 N–H and O–H groups in total. The van der Waals surface area contributed by atoms with Crippen molar-refractivity contribution in [3.8, 4) is 33.7 Å². The molecule has 0 unspecified atom stereocenters. The lowest BCUT2D eigenvalue weighted by atomic mass is 9.82. The Kier molecular flexibility index (Phi) is 6.90. The predicted octanol–water partition coefficient (Wildman–Crippen LogP) is 14.4. The van der Waals surface area contributed by atoms with Gasteiger partial charge in [0, 0.05) is 38.8 Å². The van der Waals surface area contributed by atoms with Crippen LogP contribution in [0, 0.1) is 0 Å². The molecule has 0 atom stereocenters. The molecule has 3 nitrogen and oxygen atoms in total. The van der Waals surface area contributed by atoms with E-state index in [0.717, 1.165) is 49.9 Å². The van der Waals surface area contributed by atoms with Gasteiger partial charge in [-0.2, -0.15) is 0 Å². The van der Waals surface area contributed by atoms with Gasteiger partial charge in [0.15, 0.2) is 5.58 Å². The monoisotopic (exact) mass is 704 g/mol. The molecule has 0 bridgehead atoms. The van der Waals surface area contributed by atoms with E-state index >= 15 is 0 Å². The van der Waals surface area contributed by atoms with E-state index in [2.05, 4.69) is 170 Å². The van der Waals surface area contributed by atoms with Crippen molar-refractivity contribution in [3.05, 3.63) is 193 Å². The third-order valence-corrected chi connectivity index (χ3v) is 11.6. The summed E-state index contributed by atoms with van der Waals surface area (Å²) in [5.74, 6) is 0.636. The Balaban J connectivity index is 1.13. The highest BCUT2D eigenvalue weighted by Crippen LogP contribution is 2.51. The van der Waals surface area contributed by atoms with E-state index in [-0.39, 0.29) is 5.41 Å². The fourth-order valence-electron chi connectivity index (χ4n) is 8.93. The summed E-state index contributed by atoms with van der Waals surface area (Å²) in [7, 11) is 0. The van der Waals surface area contributed by atoms with Gasteiger partial charge in [0.05, 0.1) is 0 Å². The average Bonchev–Trinajstić information content (AvgIpc) is 3.78. The lowest BCUT2D eigenvalue weighted by Gasteiger charge is -2.28. The second kappa shape index (κ2) is 12.0. The maximum Gasteiger partial charge on any atom is 0.227 e. The van der Waals surface area contributed by atoms with Crippen LogP contribution in [0.1, 0.15) is 25.0 Å². The molecule has 0 fully saturated rings. The Hall–Kier alpha value is -6.97. The Morgan fingerprint density at radius 2 is 1.07 bits per heavy atom. The van der Waals surface area contributed by atoms with Gasteiger partial charge >= 0.3 is 0 Å². The van der Waals surface area contributed by atoms with Gasteiger partial charge in [0.1, 0.15) is 5.52 Å². The zero-order valence-electron chi connectivity index (χ0n) is 30.6. The van der Waals surface area contributed by atoms with Gasteiger partial charge in [-0.1, -0.05) is 141 Å². The predicted molar refractivity (Wildman–Crippen MR) is 230 cm³/mol. The first-order chi connectivity index (χ1) is 27.0. The highest BCUT2D eigenvalue weighted by molar-refractivity contribution is 6.26. The summed E-state index contributed by atoms with van der Waals surface area (Å²) in [5, 5.41) is 6.92. The molecule has 0 spiro atoms. The summed E-state index contributed by atoms with van der Waals surface area (Å²) < 4.78 is 6.61. The molecule has 11 rings (SSSR count). The van der Waals surface area contributed by atoms with Crippen LogP contribution in [-0.2, 0) is 5.41 Å².